The Labute approximate surface area is 140 Å². The van der Waals surface area contributed by atoms with Gasteiger partial charge in [0.1, 0.15) is 5.75 Å². The maximum absolute atomic E-state index is 12.3. The zero-order valence-corrected chi connectivity index (χ0v) is 14.4. The van der Waals surface area contributed by atoms with Crippen molar-refractivity contribution in [3.8, 4) is 17.0 Å². The Morgan fingerprint density at radius 1 is 1.39 bits per heavy atom. The molecule has 1 atom stereocenters. The number of hydrogen-bond acceptors (Lipinski definition) is 5. The first-order valence-electron chi connectivity index (χ1n) is 7.72. The minimum atomic E-state index is 0.00453. The van der Waals surface area contributed by atoms with Gasteiger partial charge in [0, 0.05) is 16.4 Å². The zero-order chi connectivity index (χ0) is 16.4. The summed E-state index contributed by atoms with van der Waals surface area (Å²) in [6.45, 7) is 5.84. The molecule has 0 saturated carbocycles. The lowest BCUT2D eigenvalue weighted by atomic mass is 9.88. The van der Waals surface area contributed by atoms with Crippen LogP contribution >= 0.6 is 11.3 Å². The Hall–Kier alpha value is -1.92. The third-order valence-corrected chi connectivity index (χ3v) is 5.21. The van der Waals surface area contributed by atoms with Crippen molar-refractivity contribution in [2.24, 2.45) is 11.8 Å². The molecule has 0 bridgehead atoms. The molecule has 5 nitrogen and oxygen atoms in total. The molecule has 1 aliphatic rings. The molecular weight excluding hydrogens is 310 g/mol. The maximum Gasteiger partial charge on any atom is 0.229 e. The minimum Gasteiger partial charge on any atom is -0.497 e. The normalized spacial score (nSPS) is 15.8. The summed E-state index contributed by atoms with van der Waals surface area (Å²) in [6.07, 6.45) is 0. The molecule has 2 heterocycles. The topological polar surface area (TPSA) is 63.2 Å². The van der Waals surface area contributed by atoms with Gasteiger partial charge < -0.3 is 15.4 Å². The summed E-state index contributed by atoms with van der Waals surface area (Å²) in [4.78, 5) is 18.0. The van der Waals surface area contributed by atoms with Crippen LogP contribution in [-0.4, -0.2) is 31.1 Å². The van der Waals surface area contributed by atoms with Crippen LogP contribution in [0.1, 0.15) is 11.8 Å². The van der Waals surface area contributed by atoms with Gasteiger partial charge in [-0.05, 0) is 50.2 Å². The minimum absolute atomic E-state index is 0.00453. The summed E-state index contributed by atoms with van der Waals surface area (Å²) >= 11 is 1.51. The molecule has 2 N–H and O–H groups in total. The van der Waals surface area contributed by atoms with E-state index < -0.39 is 0 Å². The van der Waals surface area contributed by atoms with Crippen molar-refractivity contribution in [3.05, 3.63) is 29.1 Å². The van der Waals surface area contributed by atoms with Crippen molar-refractivity contribution in [1.82, 2.24) is 10.3 Å². The predicted molar refractivity (Wildman–Crippen MR) is 93.0 cm³/mol. The third-order valence-electron chi connectivity index (χ3n) is 4.32. The van der Waals surface area contributed by atoms with Crippen LogP contribution in [0.25, 0.3) is 11.3 Å². The molecule has 1 amide bonds. The standard InChI is InChI=1S/C17H21N3O2S/c1-10(13-8-18-9-13)16(21)20-17-19-15(11(2)23-17)12-4-6-14(22-3)7-5-12/h4-7,10,13,18H,8-9H2,1-3H3,(H,19,20,21). The first kappa shape index (κ1) is 16.0. The van der Waals surface area contributed by atoms with Gasteiger partial charge in [0.2, 0.25) is 5.91 Å². The van der Waals surface area contributed by atoms with Crippen LogP contribution in [-0.2, 0) is 4.79 Å². The molecule has 1 aromatic heterocycles. The lowest BCUT2D eigenvalue weighted by Gasteiger charge is -2.31. The van der Waals surface area contributed by atoms with E-state index >= 15 is 0 Å². The van der Waals surface area contributed by atoms with E-state index in [1.807, 2.05) is 38.1 Å². The highest BCUT2D eigenvalue weighted by molar-refractivity contribution is 7.16. The smallest absolute Gasteiger partial charge is 0.229 e. The molecule has 2 aromatic rings. The number of aromatic nitrogens is 1. The van der Waals surface area contributed by atoms with Gasteiger partial charge in [-0.15, -0.1) is 11.3 Å². The van der Waals surface area contributed by atoms with Crippen LogP contribution in [0, 0.1) is 18.8 Å². The van der Waals surface area contributed by atoms with Crippen molar-refractivity contribution in [2.75, 3.05) is 25.5 Å². The number of rotatable bonds is 5. The predicted octanol–water partition coefficient (Wildman–Crippen LogP) is 2.92. The van der Waals surface area contributed by atoms with Crippen LogP contribution in [0.5, 0.6) is 5.75 Å². The number of methoxy groups -OCH3 is 1. The van der Waals surface area contributed by atoms with E-state index in [0.717, 1.165) is 35.0 Å². The molecule has 0 aliphatic carbocycles. The molecule has 1 aromatic carbocycles. The fourth-order valence-corrected chi connectivity index (χ4v) is 3.40. The second-order valence-electron chi connectivity index (χ2n) is 5.85. The molecule has 1 fully saturated rings. The average molecular weight is 331 g/mol. The van der Waals surface area contributed by atoms with Gasteiger partial charge in [-0.3, -0.25) is 4.79 Å². The van der Waals surface area contributed by atoms with E-state index in [9.17, 15) is 4.79 Å². The Morgan fingerprint density at radius 3 is 2.65 bits per heavy atom. The molecule has 6 heteroatoms. The van der Waals surface area contributed by atoms with Crippen LogP contribution in [0.2, 0.25) is 0 Å². The third kappa shape index (κ3) is 3.38. The number of benzene rings is 1. The highest BCUT2D eigenvalue weighted by atomic mass is 32.1. The number of ether oxygens (including phenoxy) is 1. The number of anilines is 1. The monoisotopic (exact) mass is 331 g/mol. The lowest BCUT2D eigenvalue weighted by Crippen LogP contribution is -2.48. The highest BCUT2D eigenvalue weighted by Gasteiger charge is 2.29. The molecule has 122 valence electrons. The average Bonchev–Trinajstić information content (AvgIpc) is 2.86. The molecule has 3 rings (SSSR count). The van der Waals surface area contributed by atoms with Crippen molar-refractivity contribution in [1.29, 1.82) is 0 Å². The first-order valence-corrected chi connectivity index (χ1v) is 8.53. The Balaban J connectivity index is 1.73. The summed E-state index contributed by atoms with van der Waals surface area (Å²) in [6, 6.07) is 7.79. The quantitative estimate of drug-likeness (QED) is 0.884. The van der Waals surface area contributed by atoms with E-state index in [0.29, 0.717) is 11.0 Å². The number of carbonyl (C=O) groups excluding carboxylic acids is 1. The SMILES string of the molecule is COc1ccc(-c2nc(NC(=O)C(C)C3CNC3)sc2C)cc1. The second kappa shape index (κ2) is 6.68. The van der Waals surface area contributed by atoms with Crippen molar-refractivity contribution in [3.63, 3.8) is 0 Å². The molecule has 1 unspecified atom stereocenters. The van der Waals surface area contributed by atoms with Crippen molar-refractivity contribution >= 4 is 22.4 Å². The fraction of sp³-hybridized carbons (Fsp3) is 0.412. The number of carbonyl (C=O) groups is 1. The molecule has 23 heavy (non-hydrogen) atoms. The molecule has 1 saturated heterocycles. The summed E-state index contributed by atoms with van der Waals surface area (Å²) in [7, 11) is 1.65. The van der Waals surface area contributed by atoms with E-state index in [-0.39, 0.29) is 11.8 Å². The van der Waals surface area contributed by atoms with Gasteiger partial charge in [-0.2, -0.15) is 0 Å². The summed E-state index contributed by atoms with van der Waals surface area (Å²) < 4.78 is 5.18. The van der Waals surface area contributed by atoms with Crippen LogP contribution in [0.4, 0.5) is 5.13 Å². The van der Waals surface area contributed by atoms with Gasteiger partial charge >= 0.3 is 0 Å². The lowest BCUT2D eigenvalue weighted by molar-refractivity contribution is -0.121. The number of aryl methyl sites for hydroxylation is 1. The largest absolute Gasteiger partial charge is 0.497 e. The molecular formula is C17H21N3O2S. The van der Waals surface area contributed by atoms with Crippen molar-refractivity contribution in [2.45, 2.75) is 13.8 Å². The van der Waals surface area contributed by atoms with Gasteiger partial charge in [-0.25, -0.2) is 4.98 Å². The fourth-order valence-electron chi connectivity index (χ4n) is 2.56. The molecule has 0 radical (unpaired) electrons. The summed E-state index contributed by atoms with van der Waals surface area (Å²) in [5, 5.41) is 6.83. The van der Waals surface area contributed by atoms with E-state index in [2.05, 4.69) is 15.6 Å². The van der Waals surface area contributed by atoms with Gasteiger partial charge in [0.15, 0.2) is 5.13 Å². The molecule has 0 spiro atoms. The van der Waals surface area contributed by atoms with Crippen LogP contribution < -0.4 is 15.4 Å². The van der Waals surface area contributed by atoms with E-state index in [4.69, 9.17) is 4.74 Å². The number of hydrogen-bond donors (Lipinski definition) is 2. The summed E-state index contributed by atoms with van der Waals surface area (Å²) in [5.74, 6) is 1.30. The van der Waals surface area contributed by atoms with E-state index in [1.54, 1.807) is 7.11 Å². The van der Waals surface area contributed by atoms with E-state index in [1.165, 1.54) is 11.3 Å². The van der Waals surface area contributed by atoms with Crippen molar-refractivity contribution < 1.29 is 9.53 Å². The second-order valence-corrected chi connectivity index (χ2v) is 7.05. The number of nitrogens with zero attached hydrogens (tertiary/aromatic N) is 1. The number of amides is 1. The Kier molecular flexibility index (Phi) is 4.63. The van der Waals surface area contributed by atoms with Gasteiger partial charge in [-0.1, -0.05) is 6.92 Å². The number of thiazole rings is 1. The maximum atomic E-state index is 12.3. The summed E-state index contributed by atoms with van der Waals surface area (Å²) in [5.41, 5.74) is 1.93. The zero-order valence-electron chi connectivity index (χ0n) is 13.6. The Morgan fingerprint density at radius 2 is 2.09 bits per heavy atom. The number of nitrogens with one attached hydrogen (secondary N) is 2. The van der Waals surface area contributed by atoms with Crippen LogP contribution in [0.15, 0.2) is 24.3 Å². The first-order chi connectivity index (χ1) is 11.1. The molecule has 1 aliphatic heterocycles. The Bertz CT molecular complexity index is 692. The van der Waals surface area contributed by atoms with Crippen LogP contribution in [0.3, 0.4) is 0 Å². The highest BCUT2D eigenvalue weighted by Crippen LogP contribution is 2.31. The van der Waals surface area contributed by atoms with Gasteiger partial charge in [0.25, 0.3) is 0 Å². The van der Waals surface area contributed by atoms with Gasteiger partial charge in [0.05, 0.1) is 12.8 Å².